The molecule has 0 aliphatic heterocycles. The molecule has 0 amide bonds. The Morgan fingerprint density at radius 3 is 2.62 bits per heavy atom. The fourth-order valence-electron chi connectivity index (χ4n) is 1.36. The van der Waals surface area contributed by atoms with E-state index >= 15 is 0 Å². The van der Waals surface area contributed by atoms with Gasteiger partial charge in [-0.3, -0.25) is 0 Å². The molecule has 90 valence electrons. The van der Waals surface area contributed by atoms with Crippen LogP contribution in [0, 0.1) is 5.82 Å². The number of hydrogen-bond donors (Lipinski definition) is 2. The maximum atomic E-state index is 13.5. The third-order valence-corrected chi connectivity index (χ3v) is 2.29. The molecule has 0 bridgehead atoms. The van der Waals surface area contributed by atoms with Crippen molar-refractivity contribution in [2.75, 3.05) is 13.7 Å². The van der Waals surface area contributed by atoms with E-state index in [1.54, 1.807) is 12.1 Å². The number of halogens is 1. The van der Waals surface area contributed by atoms with Crippen LogP contribution in [0.5, 0.6) is 5.75 Å². The lowest BCUT2D eigenvalue weighted by Crippen LogP contribution is -2.28. The van der Waals surface area contributed by atoms with E-state index < -0.39 is 11.9 Å². The zero-order valence-electron chi connectivity index (χ0n) is 9.83. The van der Waals surface area contributed by atoms with Crippen LogP contribution in [0.4, 0.5) is 4.39 Å². The molecule has 0 aromatic heterocycles. The number of ether oxygens (including phenoxy) is 1. The zero-order valence-corrected chi connectivity index (χ0v) is 9.83. The average molecular weight is 227 g/mol. The summed E-state index contributed by atoms with van der Waals surface area (Å²) in [6, 6.07) is 4.71. The number of hydrogen-bond acceptors (Lipinski definition) is 3. The maximum Gasteiger partial charge on any atom is 0.132 e. The van der Waals surface area contributed by atoms with E-state index in [0.29, 0.717) is 12.3 Å². The summed E-state index contributed by atoms with van der Waals surface area (Å²) in [5, 5.41) is 12.8. The highest BCUT2D eigenvalue weighted by Gasteiger charge is 2.13. The second-order valence-corrected chi connectivity index (χ2v) is 3.97. The number of benzene rings is 1. The Bertz CT molecular complexity index is 342. The van der Waals surface area contributed by atoms with Crippen LogP contribution in [0.3, 0.4) is 0 Å². The van der Waals surface area contributed by atoms with E-state index in [-0.39, 0.29) is 11.6 Å². The third kappa shape index (κ3) is 3.47. The molecule has 1 aromatic carbocycles. The summed E-state index contributed by atoms with van der Waals surface area (Å²) in [6.45, 7) is 4.27. The van der Waals surface area contributed by atoms with Gasteiger partial charge in [0.1, 0.15) is 11.6 Å². The van der Waals surface area contributed by atoms with Crippen molar-refractivity contribution in [1.82, 2.24) is 5.32 Å². The second-order valence-electron chi connectivity index (χ2n) is 3.97. The summed E-state index contributed by atoms with van der Waals surface area (Å²) >= 11 is 0. The quantitative estimate of drug-likeness (QED) is 0.806. The SMILES string of the molecule is COc1ccc(C(O)CNC(C)C)c(F)c1. The van der Waals surface area contributed by atoms with Gasteiger partial charge in [0, 0.05) is 24.2 Å². The van der Waals surface area contributed by atoms with Crippen molar-refractivity contribution in [3.8, 4) is 5.75 Å². The number of nitrogens with one attached hydrogen (secondary N) is 1. The molecule has 1 rings (SSSR count). The molecular formula is C12H18FNO2. The van der Waals surface area contributed by atoms with Crippen LogP contribution in [-0.2, 0) is 0 Å². The van der Waals surface area contributed by atoms with Gasteiger partial charge in [-0.05, 0) is 12.1 Å². The number of aliphatic hydroxyl groups is 1. The van der Waals surface area contributed by atoms with Gasteiger partial charge in [0.15, 0.2) is 0 Å². The predicted molar refractivity (Wildman–Crippen MR) is 61.1 cm³/mol. The van der Waals surface area contributed by atoms with Gasteiger partial charge in [-0.15, -0.1) is 0 Å². The smallest absolute Gasteiger partial charge is 0.132 e. The number of rotatable bonds is 5. The van der Waals surface area contributed by atoms with E-state index in [1.807, 2.05) is 13.8 Å². The topological polar surface area (TPSA) is 41.5 Å². The molecule has 1 atom stereocenters. The zero-order chi connectivity index (χ0) is 12.1. The van der Waals surface area contributed by atoms with Gasteiger partial charge in [-0.1, -0.05) is 13.8 Å². The molecule has 0 aliphatic rings. The molecule has 0 saturated carbocycles. The van der Waals surface area contributed by atoms with Gasteiger partial charge in [0.2, 0.25) is 0 Å². The largest absolute Gasteiger partial charge is 0.497 e. The number of methoxy groups -OCH3 is 1. The molecule has 0 spiro atoms. The Balaban J connectivity index is 2.71. The first-order chi connectivity index (χ1) is 7.54. The lowest BCUT2D eigenvalue weighted by molar-refractivity contribution is 0.167. The summed E-state index contributed by atoms with van der Waals surface area (Å²) in [4.78, 5) is 0. The monoisotopic (exact) mass is 227 g/mol. The molecule has 4 heteroatoms. The lowest BCUT2D eigenvalue weighted by Gasteiger charge is -2.15. The first kappa shape index (κ1) is 12.9. The van der Waals surface area contributed by atoms with Crippen molar-refractivity contribution in [1.29, 1.82) is 0 Å². The highest BCUT2D eigenvalue weighted by atomic mass is 19.1. The molecule has 0 aliphatic carbocycles. The van der Waals surface area contributed by atoms with Crippen molar-refractivity contribution in [2.24, 2.45) is 0 Å². The molecule has 0 saturated heterocycles. The molecule has 3 nitrogen and oxygen atoms in total. The van der Waals surface area contributed by atoms with Crippen LogP contribution in [0.15, 0.2) is 18.2 Å². The Morgan fingerprint density at radius 2 is 2.12 bits per heavy atom. The molecule has 0 heterocycles. The standard InChI is InChI=1S/C12H18FNO2/c1-8(2)14-7-12(15)10-5-4-9(16-3)6-11(10)13/h4-6,8,12,14-15H,7H2,1-3H3. The fraction of sp³-hybridized carbons (Fsp3) is 0.500. The van der Waals surface area contributed by atoms with E-state index in [0.717, 1.165) is 0 Å². The van der Waals surface area contributed by atoms with Crippen molar-refractivity contribution in [2.45, 2.75) is 26.0 Å². The molecular weight excluding hydrogens is 209 g/mol. The third-order valence-electron chi connectivity index (χ3n) is 2.29. The second kappa shape index (κ2) is 5.82. The van der Waals surface area contributed by atoms with E-state index in [2.05, 4.69) is 5.32 Å². The van der Waals surface area contributed by atoms with Crippen LogP contribution in [0.1, 0.15) is 25.5 Å². The molecule has 0 fully saturated rings. The summed E-state index contributed by atoms with van der Waals surface area (Å²) in [5.41, 5.74) is 0.286. The van der Waals surface area contributed by atoms with Crippen molar-refractivity contribution in [3.63, 3.8) is 0 Å². The molecule has 16 heavy (non-hydrogen) atoms. The van der Waals surface area contributed by atoms with Gasteiger partial charge in [0.25, 0.3) is 0 Å². The highest BCUT2D eigenvalue weighted by molar-refractivity contribution is 5.30. The van der Waals surface area contributed by atoms with Gasteiger partial charge >= 0.3 is 0 Å². The molecule has 1 aromatic rings. The minimum absolute atomic E-state index is 0.260. The predicted octanol–water partition coefficient (Wildman–Crippen LogP) is 1.87. The number of aliphatic hydroxyl groups excluding tert-OH is 1. The van der Waals surface area contributed by atoms with Crippen LogP contribution < -0.4 is 10.1 Å². The van der Waals surface area contributed by atoms with E-state index in [9.17, 15) is 9.50 Å². The molecule has 1 unspecified atom stereocenters. The molecule has 0 radical (unpaired) electrons. The lowest BCUT2D eigenvalue weighted by atomic mass is 10.1. The first-order valence-corrected chi connectivity index (χ1v) is 5.29. The van der Waals surface area contributed by atoms with Gasteiger partial charge in [0.05, 0.1) is 13.2 Å². The summed E-state index contributed by atoms with van der Waals surface area (Å²) < 4.78 is 18.4. The fourth-order valence-corrected chi connectivity index (χ4v) is 1.36. The van der Waals surface area contributed by atoms with Crippen LogP contribution in [-0.4, -0.2) is 24.8 Å². The highest BCUT2D eigenvalue weighted by Crippen LogP contribution is 2.21. The van der Waals surface area contributed by atoms with Crippen molar-refractivity contribution >= 4 is 0 Å². The average Bonchev–Trinajstić information content (AvgIpc) is 2.25. The van der Waals surface area contributed by atoms with Crippen LogP contribution >= 0.6 is 0 Å². The summed E-state index contributed by atoms with van der Waals surface area (Å²) in [6.07, 6.45) is -0.840. The Hall–Kier alpha value is -1.13. The Labute approximate surface area is 95.2 Å². The van der Waals surface area contributed by atoms with Gasteiger partial charge in [-0.25, -0.2) is 4.39 Å². The normalized spacial score (nSPS) is 12.9. The van der Waals surface area contributed by atoms with Crippen molar-refractivity contribution < 1.29 is 14.2 Å². The molecule has 2 N–H and O–H groups in total. The first-order valence-electron chi connectivity index (χ1n) is 5.29. The van der Waals surface area contributed by atoms with Gasteiger partial charge in [-0.2, -0.15) is 0 Å². The van der Waals surface area contributed by atoms with E-state index in [1.165, 1.54) is 13.2 Å². The minimum atomic E-state index is -0.840. The van der Waals surface area contributed by atoms with Crippen LogP contribution in [0.2, 0.25) is 0 Å². The summed E-state index contributed by atoms with van der Waals surface area (Å²) in [5.74, 6) is 0.00248. The van der Waals surface area contributed by atoms with Crippen molar-refractivity contribution in [3.05, 3.63) is 29.6 Å². The Morgan fingerprint density at radius 1 is 1.44 bits per heavy atom. The van der Waals surface area contributed by atoms with E-state index in [4.69, 9.17) is 4.74 Å². The minimum Gasteiger partial charge on any atom is -0.497 e. The van der Waals surface area contributed by atoms with Crippen LogP contribution in [0.25, 0.3) is 0 Å². The van der Waals surface area contributed by atoms with Gasteiger partial charge < -0.3 is 15.2 Å². The maximum absolute atomic E-state index is 13.5. The Kier molecular flexibility index (Phi) is 4.71. The summed E-state index contributed by atoms with van der Waals surface area (Å²) in [7, 11) is 1.48.